The Morgan fingerprint density at radius 3 is 1.80 bits per heavy atom. The van der Waals surface area contributed by atoms with E-state index in [1.807, 2.05) is 0 Å². The molecule has 0 N–H and O–H groups in total. The van der Waals surface area contributed by atoms with Crippen molar-refractivity contribution in [2.24, 2.45) is 0 Å². The van der Waals surface area contributed by atoms with Gasteiger partial charge in [0.25, 0.3) is 0 Å². The molecule has 0 spiro atoms. The summed E-state index contributed by atoms with van der Waals surface area (Å²) in [5.41, 5.74) is 0. The molecule has 0 atom stereocenters. The molecular formula is C4H8Br. The Morgan fingerprint density at radius 1 is 1.60 bits per heavy atom. The van der Waals surface area contributed by atoms with E-state index < -0.39 is 0 Å². The second-order valence-electron chi connectivity index (χ2n) is 1.34. The van der Waals surface area contributed by atoms with E-state index in [9.17, 15) is 0 Å². The van der Waals surface area contributed by atoms with Gasteiger partial charge in [-0.25, -0.2) is 0 Å². The molecule has 0 rings (SSSR count). The number of alkyl halides is 1. The Labute approximate surface area is 41.7 Å². The summed E-state index contributed by atoms with van der Waals surface area (Å²) in [6, 6.07) is 0. The smallest absolute Gasteiger partial charge is 0.00880 e. The fourth-order valence-electron chi connectivity index (χ4n) is 0. The van der Waals surface area contributed by atoms with E-state index >= 15 is 0 Å². The Hall–Kier alpha value is 0.480. The number of hydrogen-bond acceptors (Lipinski definition) is 0. The fourth-order valence-corrected chi connectivity index (χ4v) is 0. The van der Waals surface area contributed by atoms with Gasteiger partial charge >= 0.3 is 0 Å². The van der Waals surface area contributed by atoms with E-state index in [1.165, 1.54) is 5.92 Å². The van der Waals surface area contributed by atoms with Gasteiger partial charge < -0.3 is 0 Å². The first-order valence-electron chi connectivity index (χ1n) is 1.62. The lowest BCUT2D eigenvalue weighted by molar-refractivity contribution is 1.13. The van der Waals surface area contributed by atoms with Crippen LogP contribution in [-0.2, 0) is 0 Å². The van der Waals surface area contributed by atoms with Gasteiger partial charge in [-0.3, -0.25) is 0 Å². The summed E-state index contributed by atoms with van der Waals surface area (Å²) in [4.78, 5) is 0. The average molecular weight is 136 g/mol. The van der Waals surface area contributed by atoms with Crippen LogP contribution in [0.15, 0.2) is 0 Å². The summed E-state index contributed by atoms with van der Waals surface area (Å²) >= 11 is 3.28. The van der Waals surface area contributed by atoms with Gasteiger partial charge in [-0.15, -0.1) is 0 Å². The second kappa shape index (κ2) is 2.70. The third-order valence-corrected chi connectivity index (χ3v) is 1.39. The summed E-state index contributed by atoms with van der Waals surface area (Å²) in [5.74, 6) is 1.42. The molecule has 0 aromatic rings. The maximum absolute atomic E-state index is 3.28. The Bertz CT molecular complexity index is 17.6. The molecule has 0 aliphatic carbocycles. The predicted molar refractivity (Wildman–Crippen MR) is 28.4 cm³/mol. The van der Waals surface area contributed by atoms with Crippen LogP contribution in [0.25, 0.3) is 0 Å². The highest BCUT2D eigenvalue weighted by Gasteiger charge is 1.82. The van der Waals surface area contributed by atoms with Gasteiger partial charge in [-0.05, 0) is 5.92 Å². The van der Waals surface area contributed by atoms with Crippen molar-refractivity contribution < 1.29 is 0 Å². The van der Waals surface area contributed by atoms with Gasteiger partial charge in [0.05, 0.1) is 0 Å². The van der Waals surface area contributed by atoms with E-state index in [-0.39, 0.29) is 0 Å². The topological polar surface area (TPSA) is 0 Å². The van der Waals surface area contributed by atoms with Crippen molar-refractivity contribution in [2.45, 2.75) is 13.8 Å². The molecule has 0 aromatic heterocycles. The minimum absolute atomic E-state index is 1.03. The average Bonchev–Trinajstić information content (AvgIpc) is 1.38. The van der Waals surface area contributed by atoms with Crippen molar-refractivity contribution in [3.8, 4) is 0 Å². The molecule has 0 bridgehead atoms. The molecular weight excluding hydrogens is 128 g/mol. The van der Waals surface area contributed by atoms with Gasteiger partial charge in [0.15, 0.2) is 0 Å². The van der Waals surface area contributed by atoms with Crippen LogP contribution in [0.3, 0.4) is 0 Å². The monoisotopic (exact) mass is 135 g/mol. The second-order valence-corrected chi connectivity index (χ2v) is 1.90. The molecule has 0 heterocycles. The van der Waals surface area contributed by atoms with Gasteiger partial charge in [0, 0.05) is 5.33 Å². The quantitative estimate of drug-likeness (QED) is 0.483. The van der Waals surface area contributed by atoms with Crippen LogP contribution in [0.5, 0.6) is 0 Å². The molecule has 5 heavy (non-hydrogen) atoms. The number of halogens is 1. The van der Waals surface area contributed by atoms with E-state index in [2.05, 4.69) is 29.8 Å². The van der Waals surface area contributed by atoms with Gasteiger partial charge in [0.1, 0.15) is 0 Å². The lowest BCUT2D eigenvalue weighted by atomic mass is 10.3. The van der Waals surface area contributed by atoms with Crippen LogP contribution >= 0.6 is 15.9 Å². The van der Waals surface area contributed by atoms with E-state index in [0.717, 1.165) is 5.33 Å². The zero-order valence-electron chi connectivity index (χ0n) is 3.59. The molecule has 1 heteroatoms. The molecule has 0 fully saturated rings. The van der Waals surface area contributed by atoms with Gasteiger partial charge in [-0.1, -0.05) is 29.8 Å². The minimum Gasteiger partial charge on any atom is -0.0922 e. The highest BCUT2D eigenvalue weighted by atomic mass is 79.9. The van der Waals surface area contributed by atoms with Crippen molar-refractivity contribution in [1.82, 2.24) is 0 Å². The fraction of sp³-hybridized carbons (Fsp3) is 0.750. The summed E-state index contributed by atoms with van der Waals surface area (Å²) in [6.45, 7) is 4.18. The zero-order chi connectivity index (χ0) is 4.28. The zero-order valence-corrected chi connectivity index (χ0v) is 5.17. The lowest BCUT2D eigenvalue weighted by Crippen LogP contribution is -1.79. The molecule has 1 radical (unpaired) electrons. The van der Waals surface area contributed by atoms with Crippen LogP contribution in [-0.4, -0.2) is 5.33 Å². The van der Waals surface area contributed by atoms with Crippen LogP contribution in [0, 0.1) is 5.92 Å². The number of hydrogen-bond donors (Lipinski definition) is 0. The molecule has 0 aliphatic rings. The van der Waals surface area contributed by atoms with Crippen LogP contribution < -0.4 is 0 Å². The molecule has 0 aliphatic heterocycles. The third kappa shape index (κ3) is 4.48. The van der Waals surface area contributed by atoms with Crippen LogP contribution in [0.1, 0.15) is 13.8 Å². The van der Waals surface area contributed by atoms with Crippen molar-refractivity contribution in [3.63, 3.8) is 0 Å². The first-order valence-corrected chi connectivity index (χ1v) is 2.74. The first kappa shape index (κ1) is 5.48. The van der Waals surface area contributed by atoms with Crippen molar-refractivity contribution in [2.75, 3.05) is 5.33 Å². The summed E-state index contributed by atoms with van der Waals surface area (Å²) in [6.07, 6.45) is 0. The maximum Gasteiger partial charge on any atom is 0.00880 e. The van der Waals surface area contributed by atoms with Crippen molar-refractivity contribution >= 4 is 15.9 Å². The molecule has 0 saturated heterocycles. The summed E-state index contributed by atoms with van der Waals surface area (Å²) in [7, 11) is 0. The standard InChI is InChI=1S/C4H8Br/c1-4(2)3-5/h3H2,1-2H3. The molecule has 31 valence electrons. The molecule has 0 amide bonds. The van der Waals surface area contributed by atoms with Crippen molar-refractivity contribution in [1.29, 1.82) is 0 Å². The van der Waals surface area contributed by atoms with E-state index in [4.69, 9.17) is 0 Å². The molecule has 0 unspecified atom stereocenters. The maximum atomic E-state index is 3.28. The highest BCUT2D eigenvalue weighted by molar-refractivity contribution is 9.09. The molecule has 0 nitrogen and oxygen atoms in total. The first-order chi connectivity index (χ1) is 2.27. The summed E-state index contributed by atoms with van der Waals surface area (Å²) in [5, 5.41) is 1.03. The highest BCUT2D eigenvalue weighted by Crippen LogP contribution is 1.97. The Balaban J connectivity index is 2.54. The normalized spacial score (nSPS) is 9.60. The SMILES string of the molecule is C[C](C)CBr. The lowest BCUT2D eigenvalue weighted by Gasteiger charge is -1.87. The largest absolute Gasteiger partial charge is 0.0922 e. The Morgan fingerprint density at radius 2 is 1.80 bits per heavy atom. The van der Waals surface area contributed by atoms with Crippen LogP contribution in [0.2, 0.25) is 0 Å². The van der Waals surface area contributed by atoms with Gasteiger partial charge in [0.2, 0.25) is 0 Å². The van der Waals surface area contributed by atoms with Gasteiger partial charge in [-0.2, -0.15) is 0 Å². The van der Waals surface area contributed by atoms with Crippen molar-refractivity contribution in [3.05, 3.63) is 5.92 Å². The van der Waals surface area contributed by atoms with Crippen LogP contribution in [0.4, 0.5) is 0 Å². The number of rotatable bonds is 1. The van der Waals surface area contributed by atoms with E-state index in [1.54, 1.807) is 0 Å². The predicted octanol–water partition coefficient (Wildman–Crippen LogP) is 2.00. The summed E-state index contributed by atoms with van der Waals surface area (Å²) < 4.78 is 0. The Kier molecular flexibility index (Phi) is 2.96. The third-order valence-electron chi connectivity index (χ3n) is 0.267. The molecule has 0 aromatic carbocycles. The minimum atomic E-state index is 1.03. The molecule has 0 saturated carbocycles. The van der Waals surface area contributed by atoms with E-state index in [0.29, 0.717) is 0 Å².